The second-order valence-corrected chi connectivity index (χ2v) is 5.29. The zero-order valence-corrected chi connectivity index (χ0v) is 8.75. The fourth-order valence-corrected chi connectivity index (χ4v) is 1.95. The van der Waals surface area contributed by atoms with Crippen molar-refractivity contribution in [3.8, 4) is 0 Å². The van der Waals surface area contributed by atoms with Crippen LogP contribution in [0, 0.1) is 6.92 Å². The quantitative estimate of drug-likeness (QED) is 0.686. The second-order valence-electron chi connectivity index (χ2n) is 2.78. The van der Waals surface area contributed by atoms with Gasteiger partial charge in [0.2, 0.25) is 0 Å². The molecule has 2 heterocycles. The van der Waals surface area contributed by atoms with Crippen molar-refractivity contribution in [2.45, 2.75) is 11.9 Å². The van der Waals surface area contributed by atoms with Crippen LogP contribution in [0.15, 0.2) is 23.4 Å². The lowest BCUT2D eigenvalue weighted by molar-refractivity contribution is 0.601. The number of rotatable bonds is 1. The summed E-state index contributed by atoms with van der Waals surface area (Å²) >= 11 is 0. The highest BCUT2D eigenvalue weighted by Crippen LogP contribution is 2.15. The van der Waals surface area contributed by atoms with Crippen molar-refractivity contribution in [3.63, 3.8) is 0 Å². The first kappa shape index (κ1) is 9.42. The Labute approximate surface area is 84.8 Å². The second kappa shape index (κ2) is 2.93. The van der Waals surface area contributed by atoms with Crippen LogP contribution in [0.1, 0.15) is 5.69 Å². The van der Waals surface area contributed by atoms with Crippen LogP contribution in [0.3, 0.4) is 0 Å². The van der Waals surface area contributed by atoms with E-state index in [0.717, 1.165) is 0 Å². The number of fused-ring (bicyclic) bond motifs is 1. The summed E-state index contributed by atoms with van der Waals surface area (Å²) in [5.74, 6) is 0. The number of hydrogen-bond acceptors (Lipinski definition) is 4. The maximum absolute atomic E-state index is 11.1. The van der Waals surface area contributed by atoms with Crippen LogP contribution < -0.4 is 0 Å². The summed E-state index contributed by atoms with van der Waals surface area (Å²) in [7, 11) is 1.41. The predicted octanol–water partition coefficient (Wildman–Crippen LogP) is 0.965. The van der Waals surface area contributed by atoms with Crippen molar-refractivity contribution in [1.82, 2.24) is 14.6 Å². The third-order valence-electron chi connectivity index (χ3n) is 1.71. The first-order valence-corrected chi connectivity index (χ1v) is 6.05. The first-order valence-electron chi connectivity index (χ1n) is 3.74. The van der Waals surface area contributed by atoms with E-state index in [2.05, 4.69) is 10.1 Å². The molecule has 0 aliphatic rings. The number of halogens is 1. The Bertz CT molecular complexity index is 590. The summed E-state index contributed by atoms with van der Waals surface area (Å²) in [4.78, 5) is 3.86. The average Bonchev–Trinajstić information content (AvgIpc) is 2.45. The molecule has 0 amide bonds. The molecule has 2 aromatic heterocycles. The molecule has 14 heavy (non-hydrogen) atoms. The highest BCUT2D eigenvalue weighted by atomic mass is 35.7. The van der Waals surface area contributed by atoms with Crippen LogP contribution in [0.4, 0.5) is 0 Å². The van der Waals surface area contributed by atoms with E-state index in [9.17, 15) is 8.42 Å². The van der Waals surface area contributed by atoms with Crippen LogP contribution in [-0.4, -0.2) is 23.0 Å². The molecule has 0 unspecified atom stereocenters. The Morgan fingerprint density at radius 3 is 2.79 bits per heavy atom. The molecule has 2 rings (SSSR count). The van der Waals surface area contributed by atoms with Gasteiger partial charge in [-0.25, -0.2) is 17.9 Å². The zero-order valence-electron chi connectivity index (χ0n) is 7.18. The van der Waals surface area contributed by atoms with E-state index >= 15 is 0 Å². The number of aryl methyl sites for hydroxylation is 1. The van der Waals surface area contributed by atoms with Crippen LogP contribution >= 0.6 is 10.7 Å². The maximum Gasteiger partial charge on any atom is 0.280 e. The topological polar surface area (TPSA) is 64.3 Å². The molecule has 0 atom stereocenters. The summed E-state index contributed by atoms with van der Waals surface area (Å²) in [6, 6.07) is 3.42. The van der Waals surface area contributed by atoms with Gasteiger partial charge in [0, 0.05) is 10.7 Å². The normalized spacial score (nSPS) is 12.1. The molecule has 0 fully saturated rings. The smallest absolute Gasteiger partial charge is 0.234 e. The minimum atomic E-state index is -3.79. The van der Waals surface area contributed by atoms with Gasteiger partial charge in [-0.1, -0.05) is 0 Å². The molecule has 0 aliphatic heterocycles. The van der Waals surface area contributed by atoms with E-state index in [0.29, 0.717) is 11.3 Å². The van der Waals surface area contributed by atoms with Crippen LogP contribution in [0.2, 0.25) is 0 Å². The fraction of sp³-hybridized carbons (Fsp3) is 0.143. The van der Waals surface area contributed by atoms with E-state index in [1.165, 1.54) is 10.7 Å². The monoisotopic (exact) mass is 231 g/mol. The van der Waals surface area contributed by atoms with Gasteiger partial charge in [-0.05, 0) is 19.1 Å². The van der Waals surface area contributed by atoms with Gasteiger partial charge in [0.25, 0.3) is 9.05 Å². The molecule has 0 saturated heterocycles. The van der Waals surface area contributed by atoms with Gasteiger partial charge in [0.1, 0.15) is 0 Å². The van der Waals surface area contributed by atoms with Crippen molar-refractivity contribution >= 4 is 25.4 Å². The maximum atomic E-state index is 11.1. The Morgan fingerprint density at radius 2 is 2.14 bits per heavy atom. The van der Waals surface area contributed by atoms with Crippen molar-refractivity contribution in [2.24, 2.45) is 0 Å². The molecule has 0 saturated carbocycles. The molecular formula is C7H6ClN3O2S. The summed E-state index contributed by atoms with van der Waals surface area (Å²) in [5.41, 5.74) is 1.15. The average molecular weight is 232 g/mol. The third-order valence-corrected chi connectivity index (χ3v) is 2.97. The van der Waals surface area contributed by atoms with Crippen molar-refractivity contribution < 1.29 is 8.42 Å². The Hall–Kier alpha value is -1.14. The Balaban J connectivity index is 2.87. The van der Waals surface area contributed by atoms with Crippen LogP contribution in [0.5, 0.6) is 0 Å². The lowest BCUT2D eigenvalue weighted by Crippen LogP contribution is -2.01. The Kier molecular flexibility index (Phi) is 1.97. The molecule has 2 aromatic rings. The van der Waals surface area contributed by atoms with Gasteiger partial charge in [-0.3, -0.25) is 0 Å². The van der Waals surface area contributed by atoms with E-state index in [-0.39, 0.29) is 5.03 Å². The molecule has 0 radical (unpaired) electrons. The predicted molar refractivity (Wildman–Crippen MR) is 50.8 cm³/mol. The minimum Gasteiger partial charge on any atom is -0.234 e. The summed E-state index contributed by atoms with van der Waals surface area (Å²) in [5, 5.41) is 3.88. The molecular weight excluding hydrogens is 226 g/mol. The van der Waals surface area contributed by atoms with Crippen molar-refractivity contribution in [1.29, 1.82) is 0 Å². The van der Waals surface area contributed by atoms with Crippen LogP contribution in [0.25, 0.3) is 5.65 Å². The molecule has 5 nitrogen and oxygen atoms in total. The number of imidazole rings is 1. The van der Waals surface area contributed by atoms with Gasteiger partial charge in [-0.15, -0.1) is 0 Å². The zero-order chi connectivity index (χ0) is 10.3. The molecule has 0 aromatic carbocycles. The van der Waals surface area contributed by atoms with Crippen molar-refractivity contribution in [2.75, 3.05) is 0 Å². The third kappa shape index (κ3) is 1.46. The van der Waals surface area contributed by atoms with Gasteiger partial charge in [0.15, 0.2) is 10.7 Å². The highest BCUT2D eigenvalue weighted by Gasteiger charge is 2.16. The van der Waals surface area contributed by atoms with Gasteiger partial charge in [-0.2, -0.15) is 5.10 Å². The van der Waals surface area contributed by atoms with Gasteiger partial charge in [0.05, 0.1) is 11.9 Å². The van der Waals surface area contributed by atoms with Gasteiger partial charge >= 0.3 is 0 Å². The summed E-state index contributed by atoms with van der Waals surface area (Å²) in [6.45, 7) is 1.75. The molecule has 0 bridgehead atoms. The standard InChI is InChI=1S/C7H6ClN3O2S/c1-5-2-3-6-9-4-7(11(6)10-5)14(8,12)13/h2-4H,1H3. The SMILES string of the molecule is Cc1ccc2ncc(S(=O)(=O)Cl)n2n1. The van der Waals surface area contributed by atoms with E-state index in [4.69, 9.17) is 10.7 Å². The van der Waals surface area contributed by atoms with Crippen molar-refractivity contribution in [3.05, 3.63) is 24.0 Å². The molecule has 0 N–H and O–H groups in total. The number of nitrogens with zero attached hydrogens (tertiary/aromatic N) is 3. The number of hydrogen-bond donors (Lipinski definition) is 0. The van der Waals surface area contributed by atoms with E-state index in [1.54, 1.807) is 19.1 Å². The molecule has 0 spiro atoms. The summed E-state index contributed by atoms with van der Waals surface area (Å²) < 4.78 is 23.4. The largest absolute Gasteiger partial charge is 0.280 e. The fourth-order valence-electron chi connectivity index (χ4n) is 1.11. The minimum absolute atomic E-state index is 0.113. The van der Waals surface area contributed by atoms with Crippen LogP contribution in [-0.2, 0) is 9.05 Å². The summed E-state index contributed by atoms with van der Waals surface area (Å²) in [6.07, 6.45) is 1.18. The molecule has 7 heteroatoms. The Morgan fingerprint density at radius 1 is 1.43 bits per heavy atom. The number of aromatic nitrogens is 3. The lowest BCUT2D eigenvalue weighted by atomic mass is 10.4. The van der Waals surface area contributed by atoms with E-state index < -0.39 is 9.05 Å². The molecule has 74 valence electrons. The highest BCUT2D eigenvalue weighted by molar-refractivity contribution is 8.13. The lowest BCUT2D eigenvalue weighted by Gasteiger charge is -1.97. The van der Waals surface area contributed by atoms with E-state index in [1.807, 2.05) is 0 Å². The molecule has 0 aliphatic carbocycles. The van der Waals surface area contributed by atoms with Gasteiger partial charge < -0.3 is 0 Å². The first-order chi connectivity index (χ1) is 6.48.